The van der Waals surface area contributed by atoms with Crippen molar-refractivity contribution in [3.05, 3.63) is 52.1 Å². The molecule has 2 rings (SSSR count). The van der Waals surface area contributed by atoms with Gasteiger partial charge >= 0.3 is 0 Å². The lowest BCUT2D eigenvalue weighted by molar-refractivity contribution is 0.282. The Morgan fingerprint density at radius 1 is 1.20 bits per heavy atom. The van der Waals surface area contributed by atoms with Gasteiger partial charge in [-0.05, 0) is 52.7 Å². The van der Waals surface area contributed by atoms with E-state index in [0.29, 0.717) is 11.3 Å². The van der Waals surface area contributed by atoms with Crippen LogP contribution in [0.5, 0.6) is 0 Å². The maximum Gasteiger partial charge on any atom is 0.263 e. The second-order valence-electron chi connectivity index (χ2n) is 4.17. The first-order chi connectivity index (χ1) is 9.42. The number of hydrogen-bond donors (Lipinski definition) is 2. The number of rotatable bonds is 4. The third-order valence-corrected chi connectivity index (χ3v) is 4.89. The Morgan fingerprint density at radius 2 is 1.85 bits per heavy atom. The van der Waals surface area contributed by atoms with Crippen molar-refractivity contribution >= 4 is 31.8 Å². The number of pyridine rings is 1. The fraction of sp³-hybridized carbons (Fsp3) is 0.154. The van der Waals surface area contributed by atoms with E-state index >= 15 is 0 Å². The van der Waals surface area contributed by atoms with Gasteiger partial charge in [0.1, 0.15) is 5.82 Å². The highest BCUT2D eigenvalue weighted by molar-refractivity contribution is 9.10. The maximum atomic E-state index is 12.2. The number of sulfonamides is 1. The molecule has 5 nitrogen and oxygen atoms in total. The van der Waals surface area contributed by atoms with E-state index in [0.717, 1.165) is 4.47 Å². The number of aliphatic hydroxyl groups excluding tert-OH is 1. The van der Waals surface area contributed by atoms with Gasteiger partial charge in [0.05, 0.1) is 17.2 Å². The van der Waals surface area contributed by atoms with Crippen molar-refractivity contribution in [3.8, 4) is 0 Å². The molecule has 0 amide bonds. The molecule has 106 valence electrons. The molecule has 1 aromatic heterocycles. The van der Waals surface area contributed by atoms with Crippen molar-refractivity contribution in [2.75, 3.05) is 4.72 Å². The summed E-state index contributed by atoms with van der Waals surface area (Å²) < 4.78 is 27.6. The van der Waals surface area contributed by atoms with Crippen LogP contribution in [0.1, 0.15) is 11.3 Å². The summed E-state index contributed by atoms with van der Waals surface area (Å²) in [5.41, 5.74) is 1.35. The van der Waals surface area contributed by atoms with Crippen LogP contribution in [-0.4, -0.2) is 18.5 Å². The molecule has 0 saturated carbocycles. The van der Waals surface area contributed by atoms with Gasteiger partial charge in [0.25, 0.3) is 10.0 Å². The third-order valence-electron chi connectivity index (χ3n) is 2.68. The van der Waals surface area contributed by atoms with Crippen molar-refractivity contribution in [1.29, 1.82) is 0 Å². The first-order valence-electron chi connectivity index (χ1n) is 5.78. The van der Waals surface area contributed by atoms with E-state index in [4.69, 9.17) is 5.11 Å². The quantitative estimate of drug-likeness (QED) is 0.881. The van der Waals surface area contributed by atoms with Gasteiger partial charge in [-0.3, -0.25) is 4.72 Å². The molecule has 20 heavy (non-hydrogen) atoms. The zero-order valence-corrected chi connectivity index (χ0v) is 13.1. The Kier molecular flexibility index (Phi) is 4.42. The molecule has 0 aliphatic carbocycles. The molecular formula is C13H13BrN2O3S. The highest BCUT2D eigenvalue weighted by atomic mass is 79.9. The molecule has 0 spiro atoms. The Balaban J connectivity index is 2.27. The topological polar surface area (TPSA) is 79.3 Å². The minimum Gasteiger partial charge on any atom is -0.392 e. The number of hydrogen-bond acceptors (Lipinski definition) is 4. The van der Waals surface area contributed by atoms with Crippen molar-refractivity contribution < 1.29 is 13.5 Å². The zero-order chi connectivity index (χ0) is 14.8. The summed E-state index contributed by atoms with van der Waals surface area (Å²) in [6.45, 7) is 1.65. The largest absolute Gasteiger partial charge is 0.392 e. The highest BCUT2D eigenvalue weighted by Gasteiger charge is 2.15. The van der Waals surface area contributed by atoms with Gasteiger partial charge in [-0.1, -0.05) is 12.1 Å². The summed E-state index contributed by atoms with van der Waals surface area (Å²) in [4.78, 5) is 4.26. The lowest BCUT2D eigenvalue weighted by Crippen LogP contribution is -2.14. The van der Waals surface area contributed by atoms with Gasteiger partial charge in [-0.15, -0.1) is 0 Å². The number of aryl methyl sites for hydroxylation is 1. The first-order valence-corrected chi connectivity index (χ1v) is 8.06. The molecular weight excluding hydrogens is 344 g/mol. The first kappa shape index (κ1) is 15.0. The summed E-state index contributed by atoms with van der Waals surface area (Å²) >= 11 is 3.31. The second kappa shape index (κ2) is 5.90. The van der Waals surface area contributed by atoms with Crippen LogP contribution in [-0.2, 0) is 16.6 Å². The molecule has 1 heterocycles. The van der Waals surface area contributed by atoms with Crippen LogP contribution in [0, 0.1) is 6.92 Å². The van der Waals surface area contributed by atoms with Crippen molar-refractivity contribution in [3.63, 3.8) is 0 Å². The zero-order valence-electron chi connectivity index (χ0n) is 10.7. The molecule has 0 radical (unpaired) electrons. The molecule has 7 heteroatoms. The van der Waals surface area contributed by atoms with E-state index in [1.165, 1.54) is 12.1 Å². The molecule has 0 aliphatic rings. The van der Waals surface area contributed by atoms with E-state index < -0.39 is 10.0 Å². The summed E-state index contributed by atoms with van der Waals surface area (Å²) in [7, 11) is -3.68. The van der Waals surface area contributed by atoms with E-state index in [1.807, 2.05) is 0 Å². The fourth-order valence-corrected chi connectivity index (χ4v) is 2.79. The van der Waals surface area contributed by atoms with Crippen LogP contribution in [0.25, 0.3) is 0 Å². The van der Waals surface area contributed by atoms with Crippen LogP contribution >= 0.6 is 15.9 Å². The van der Waals surface area contributed by atoms with E-state index in [9.17, 15) is 8.42 Å². The van der Waals surface area contributed by atoms with E-state index in [2.05, 4.69) is 25.6 Å². The second-order valence-corrected chi connectivity index (χ2v) is 6.71. The van der Waals surface area contributed by atoms with Crippen LogP contribution < -0.4 is 4.72 Å². The van der Waals surface area contributed by atoms with Crippen molar-refractivity contribution in [2.24, 2.45) is 0 Å². The summed E-state index contributed by atoms with van der Waals surface area (Å²) in [6.07, 6.45) is 0. The molecule has 2 aromatic rings. The van der Waals surface area contributed by atoms with Crippen LogP contribution in [0.4, 0.5) is 5.82 Å². The number of benzene rings is 1. The molecule has 2 N–H and O–H groups in total. The number of nitrogens with one attached hydrogen (secondary N) is 1. The fourth-order valence-electron chi connectivity index (χ4n) is 1.57. The van der Waals surface area contributed by atoms with Crippen LogP contribution in [0.15, 0.2) is 45.8 Å². The van der Waals surface area contributed by atoms with Crippen LogP contribution in [0.2, 0.25) is 0 Å². The standard InChI is InChI=1S/C13H13BrN2O3S/c1-9-12(14)6-7-13(15-9)16-20(18,19)11-4-2-10(8-17)3-5-11/h2-7,17H,8H2,1H3,(H,15,16). The molecule has 0 unspecified atom stereocenters. The third kappa shape index (κ3) is 3.36. The predicted octanol–water partition coefficient (Wildman–Crippen LogP) is 2.45. The maximum absolute atomic E-state index is 12.2. The van der Waals surface area contributed by atoms with Crippen LogP contribution in [0.3, 0.4) is 0 Å². The Hall–Kier alpha value is -1.44. The summed E-state index contributed by atoms with van der Waals surface area (Å²) in [6, 6.07) is 9.33. The smallest absolute Gasteiger partial charge is 0.263 e. The van der Waals surface area contributed by atoms with Gasteiger partial charge in [-0.25, -0.2) is 13.4 Å². The molecule has 1 aromatic carbocycles. The minimum atomic E-state index is -3.68. The van der Waals surface area contributed by atoms with Crippen molar-refractivity contribution in [1.82, 2.24) is 4.98 Å². The monoisotopic (exact) mass is 356 g/mol. The predicted molar refractivity (Wildman–Crippen MR) is 79.8 cm³/mol. The Morgan fingerprint density at radius 3 is 2.40 bits per heavy atom. The molecule has 0 atom stereocenters. The normalized spacial score (nSPS) is 11.3. The number of anilines is 1. The highest BCUT2D eigenvalue weighted by Crippen LogP contribution is 2.19. The molecule has 0 saturated heterocycles. The average molecular weight is 357 g/mol. The van der Waals surface area contributed by atoms with Gasteiger partial charge in [0.15, 0.2) is 0 Å². The summed E-state index contributed by atoms with van der Waals surface area (Å²) in [5, 5.41) is 8.94. The SMILES string of the molecule is Cc1nc(NS(=O)(=O)c2ccc(CO)cc2)ccc1Br. The average Bonchev–Trinajstić information content (AvgIpc) is 2.43. The van der Waals surface area contributed by atoms with Gasteiger partial charge < -0.3 is 5.11 Å². The number of aromatic nitrogens is 1. The van der Waals surface area contributed by atoms with E-state index in [-0.39, 0.29) is 17.3 Å². The minimum absolute atomic E-state index is 0.122. The lowest BCUT2D eigenvalue weighted by Gasteiger charge is -2.09. The van der Waals surface area contributed by atoms with Gasteiger partial charge in [0, 0.05) is 4.47 Å². The van der Waals surface area contributed by atoms with Gasteiger partial charge in [-0.2, -0.15) is 0 Å². The molecule has 0 fully saturated rings. The van der Waals surface area contributed by atoms with Gasteiger partial charge in [0.2, 0.25) is 0 Å². The number of halogens is 1. The Bertz CT molecular complexity index is 715. The summed E-state index contributed by atoms with van der Waals surface area (Å²) in [5.74, 6) is 0.261. The molecule has 0 aliphatic heterocycles. The lowest BCUT2D eigenvalue weighted by atomic mass is 10.2. The van der Waals surface area contributed by atoms with E-state index in [1.54, 1.807) is 31.2 Å². The number of aliphatic hydroxyl groups is 1. The Labute approximate surface area is 125 Å². The molecule has 0 bridgehead atoms. The number of nitrogens with zero attached hydrogens (tertiary/aromatic N) is 1. The van der Waals surface area contributed by atoms with Crippen molar-refractivity contribution in [2.45, 2.75) is 18.4 Å².